The van der Waals surface area contributed by atoms with E-state index in [0.717, 1.165) is 7.11 Å². The van der Waals surface area contributed by atoms with Gasteiger partial charge in [-0.05, 0) is 25.5 Å². The molecule has 0 aromatic heterocycles. The summed E-state index contributed by atoms with van der Waals surface area (Å²) in [7, 11) is 1.00. The molecule has 0 heterocycles. The minimum absolute atomic E-state index is 0.00911. The lowest BCUT2D eigenvalue weighted by Gasteiger charge is -2.42. The first-order valence-electron chi connectivity index (χ1n) is 6.65. The van der Waals surface area contributed by atoms with Gasteiger partial charge in [0.15, 0.2) is 11.4 Å². The van der Waals surface area contributed by atoms with E-state index in [9.17, 15) is 9.90 Å². The Labute approximate surface area is 126 Å². The van der Waals surface area contributed by atoms with Gasteiger partial charge in [0, 0.05) is 18.9 Å². The zero-order valence-electron chi connectivity index (χ0n) is 13.2. The van der Waals surface area contributed by atoms with E-state index >= 15 is 0 Å². The van der Waals surface area contributed by atoms with Crippen LogP contribution in [0.15, 0.2) is 11.6 Å². The molecule has 0 bridgehead atoms. The second-order valence-corrected chi connectivity index (χ2v) is 5.64. The van der Waals surface area contributed by atoms with Crippen molar-refractivity contribution in [2.75, 3.05) is 13.7 Å². The molecule has 0 spiro atoms. The third-order valence-corrected chi connectivity index (χ3v) is 3.44. The lowest BCUT2D eigenvalue weighted by atomic mass is 9.65. The van der Waals surface area contributed by atoms with E-state index in [2.05, 4.69) is 16.6 Å². The summed E-state index contributed by atoms with van der Waals surface area (Å²) >= 11 is 0. The predicted molar refractivity (Wildman–Crippen MR) is 78.8 cm³/mol. The minimum atomic E-state index is -1.32. The van der Waals surface area contributed by atoms with Crippen molar-refractivity contribution >= 4 is 5.78 Å². The average Bonchev–Trinajstić information content (AvgIpc) is 2.42. The van der Waals surface area contributed by atoms with Gasteiger partial charge < -0.3 is 14.9 Å². The molecule has 0 saturated carbocycles. The zero-order valence-corrected chi connectivity index (χ0v) is 13.2. The van der Waals surface area contributed by atoms with Crippen LogP contribution in [-0.2, 0) is 9.53 Å². The van der Waals surface area contributed by atoms with Crippen molar-refractivity contribution in [3.8, 4) is 18.1 Å². The van der Waals surface area contributed by atoms with E-state index in [-0.39, 0.29) is 24.7 Å². The highest BCUT2D eigenvalue weighted by atomic mass is 16.5. The van der Waals surface area contributed by atoms with Gasteiger partial charge >= 0.3 is 0 Å². The molecule has 0 aromatic rings. The molecule has 5 heteroatoms. The zero-order chi connectivity index (χ0) is 16.7. The summed E-state index contributed by atoms with van der Waals surface area (Å²) in [6, 6.07) is 0. The van der Waals surface area contributed by atoms with Gasteiger partial charge in [-0.3, -0.25) is 4.79 Å². The van der Waals surface area contributed by atoms with E-state index in [4.69, 9.17) is 10.4 Å². The number of hydrogen-bond donors (Lipinski definition) is 2. The summed E-state index contributed by atoms with van der Waals surface area (Å²) in [6.07, 6.45) is 3.31. The maximum Gasteiger partial charge on any atom is 0.286 e. The first kappa shape index (κ1) is 19.2. The molecule has 2 N–H and O–H groups in total. The molecule has 1 aliphatic carbocycles. The molecule has 0 saturated heterocycles. The number of hydrogen-bond acceptors (Lipinski definition) is 5. The number of rotatable bonds is 2. The number of ketones is 1. The van der Waals surface area contributed by atoms with Crippen LogP contribution in [0.3, 0.4) is 0 Å². The molecule has 0 aliphatic heterocycles. The Hall–Kier alpha value is -1.82. The third-order valence-electron chi connectivity index (χ3n) is 3.44. The topological polar surface area (TPSA) is 90.5 Å². The van der Waals surface area contributed by atoms with Gasteiger partial charge in [0.2, 0.25) is 0 Å². The Morgan fingerprint density at radius 3 is 2.52 bits per heavy atom. The number of nitriles is 1. The van der Waals surface area contributed by atoms with Crippen LogP contribution in [0.25, 0.3) is 0 Å². The molecule has 0 aromatic carbocycles. The van der Waals surface area contributed by atoms with Crippen LogP contribution in [-0.4, -0.2) is 35.3 Å². The van der Waals surface area contributed by atoms with Crippen molar-refractivity contribution in [2.24, 2.45) is 11.3 Å². The van der Waals surface area contributed by atoms with Gasteiger partial charge in [-0.2, -0.15) is 5.26 Å². The monoisotopic (exact) mass is 293 g/mol. The van der Waals surface area contributed by atoms with Crippen LogP contribution in [0.2, 0.25) is 0 Å². The quantitative estimate of drug-likeness (QED) is 0.593. The summed E-state index contributed by atoms with van der Waals surface area (Å²) in [5, 5.41) is 26.1. The number of nitrogens with zero attached hydrogens (tertiary/aromatic N) is 1. The summed E-state index contributed by atoms with van der Waals surface area (Å²) in [4.78, 5) is 11.6. The van der Waals surface area contributed by atoms with Gasteiger partial charge in [-0.1, -0.05) is 25.7 Å². The Kier molecular flexibility index (Phi) is 7.15. The van der Waals surface area contributed by atoms with Gasteiger partial charge in [-0.15, -0.1) is 0 Å². The third kappa shape index (κ3) is 4.60. The van der Waals surface area contributed by atoms with Gasteiger partial charge in [0.1, 0.15) is 6.61 Å². The fourth-order valence-corrected chi connectivity index (χ4v) is 2.19. The van der Waals surface area contributed by atoms with E-state index in [1.165, 1.54) is 6.08 Å². The normalized spacial score (nSPS) is 24.3. The lowest BCUT2D eigenvalue weighted by Crippen LogP contribution is -2.48. The predicted octanol–water partition coefficient (Wildman–Crippen LogP) is 1.41. The van der Waals surface area contributed by atoms with Crippen molar-refractivity contribution in [1.82, 2.24) is 0 Å². The molecule has 116 valence electrons. The molecular formula is C16H23NO4. The molecule has 0 amide bonds. The van der Waals surface area contributed by atoms with Crippen LogP contribution in [0.1, 0.15) is 34.1 Å². The fraction of sp³-hybridized carbons (Fsp3) is 0.625. The molecule has 5 nitrogen and oxygen atoms in total. The van der Waals surface area contributed by atoms with Crippen LogP contribution in [0.5, 0.6) is 0 Å². The fourth-order valence-electron chi connectivity index (χ4n) is 2.19. The highest BCUT2D eigenvalue weighted by molar-refractivity contribution is 5.93. The SMILES string of the molecule is CC1=CC(=O)CC(C)(C)C1(O)C#CC(C)COC#N.CO. The second kappa shape index (κ2) is 7.83. The average molecular weight is 293 g/mol. The number of aliphatic hydroxyl groups excluding tert-OH is 1. The standard InChI is InChI=1S/C15H19NO3.CH4O/c1-11(9-19-10-16)5-6-15(18)12(2)7-13(17)8-14(15,3)4;1-2/h7,11,18H,8-9H2,1-4H3;2H,1H3. The number of carbonyl (C=O) groups excluding carboxylic acids is 1. The van der Waals surface area contributed by atoms with Crippen molar-refractivity contribution in [3.05, 3.63) is 11.6 Å². The number of aliphatic hydroxyl groups is 2. The maximum absolute atomic E-state index is 11.6. The maximum atomic E-state index is 11.6. The Morgan fingerprint density at radius 2 is 2.05 bits per heavy atom. The molecule has 0 fully saturated rings. The lowest BCUT2D eigenvalue weighted by molar-refractivity contribution is -0.121. The molecule has 0 radical (unpaired) electrons. The van der Waals surface area contributed by atoms with Gasteiger partial charge in [0.25, 0.3) is 6.26 Å². The number of ether oxygens (including phenoxy) is 1. The summed E-state index contributed by atoms with van der Waals surface area (Å²) in [5.74, 6) is 5.61. The molecule has 1 rings (SSSR count). The van der Waals surface area contributed by atoms with Crippen LogP contribution < -0.4 is 0 Å². The Morgan fingerprint density at radius 1 is 1.48 bits per heavy atom. The molecule has 2 atom stereocenters. The van der Waals surface area contributed by atoms with Crippen molar-refractivity contribution in [2.45, 2.75) is 39.7 Å². The smallest absolute Gasteiger partial charge is 0.286 e. The second-order valence-electron chi connectivity index (χ2n) is 5.64. The molecule has 21 heavy (non-hydrogen) atoms. The first-order valence-corrected chi connectivity index (χ1v) is 6.65. The number of carbonyl (C=O) groups is 1. The first-order chi connectivity index (χ1) is 9.73. The van der Waals surface area contributed by atoms with E-state index in [0.29, 0.717) is 5.57 Å². The van der Waals surface area contributed by atoms with Crippen molar-refractivity contribution in [3.63, 3.8) is 0 Å². The summed E-state index contributed by atoms with van der Waals surface area (Å²) < 4.78 is 4.62. The van der Waals surface area contributed by atoms with Crippen molar-refractivity contribution < 1.29 is 19.7 Å². The van der Waals surface area contributed by atoms with Crippen molar-refractivity contribution in [1.29, 1.82) is 5.26 Å². The molecule has 1 aliphatic rings. The van der Waals surface area contributed by atoms with Gasteiger partial charge in [-0.25, -0.2) is 0 Å². The van der Waals surface area contributed by atoms with Crippen LogP contribution >= 0.6 is 0 Å². The minimum Gasteiger partial charge on any atom is -0.426 e. The highest BCUT2D eigenvalue weighted by Gasteiger charge is 2.47. The Balaban J connectivity index is 0.00000191. The summed E-state index contributed by atoms with van der Waals surface area (Å²) in [5.41, 5.74) is -1.39. The highest BCUT2D eigenvalue weighted by Crippen LogP contribution is 2.42. The van der Waals surface area contributed by atoms with E-state index < -0.39 is 11.0 Å². The van der Waals surface area contributed by atoms with Gasteiger partial charge in [0.05, 0.1) is 5.92 Å². The number of allylic oxidation sites excluding steroid dienone is 1. The summed E-state index contributed by atoms with van der Waals surface area (Å²) in [6.45, 7) is 7.37. The van der Waals surface area contributed by atoms with Crippen LogP contribution in [0.4, 0.5) is 0 Å². The van der Waals surface area contributed by atoms with E-state index in [1.54, 1.807) is 13.2 Å². The van der Waals surface area contributed by atoms with Crippen LogP contribution in [0, 0.1) is 34.7 Å². The molecule has 2 unspecified atom stereocenters. The Bertz CT molecular complexity index is 505. The largest absolute Gasteiger partial charge is 0.426 e. The molecular weight excluding hydrogens is 270 g/mol. The van der Waals surface area contributed by atoms with E-state index in [1.807, 2.05) is 20.8 Å².